The van der Waals surface area contributed by atoms with E-state index in [1.165, 1.54) is 13.2 Å². The molecule has 9 nitrogen and oxygen atoms in total. The van der Waals surface area contributed by atoms with Crippen molar-refractivity contribution in [1.29, 1.82) is 0 Å². The SMILES string of the molecule is CCOc1cc(C=C2SC(=O)N(CC(=O)OC(C)(C)C)C2=O)cc(I)c1OCC(=O)OC. The van der Waals surface area contributed by atoms with Crippen LogP contribution >= 0.6 is 34.4 Å². The number of hydrogen-bond acceptors (Lipinski definition) is 9. The number of carbonyl (C=O) groups excluding carboxylic acids is 4. The lowest BCUT2D eigenvalue weighted by molar-refractivity contribution is -0.156. The fourth-order valence-electron chi connectivity index (χ4n) is 2.55. The highest BCUT2D eigenvalue weighted by Crippen LogP contribution is 2.37. The van der Waals surface area contributed by atoms with Gasteiger partial charge < -0.3 is 18.9 Å². The molecule has 0 unspecified atom stereocenters. The van der Waals surface area contributed by atoms with E-state index in [2.05, 4.69) is 4.74 Å². The monoisotopic (exact) mass is 577 g/mol. The molecule has 0 N–H and O–H groups in total. The van der Waals surface area contributed by atoms with Gasteiger partial charge in [0.1, 0.15) is 12.1 Å². The van der Waals surface area contributed by atoms with Crippen LogP contribution in [0.5, 0.6) is 11.5 Å². The molecular weight excluding hydrogens is 553 g/mol. The topological polar surface area (TPSA) is 108 Å². The van der Waals surface area contributed by atoms with E-state index in [-0.39, 0.29) is 11.5 Å². The zero-order valence-electron chi connectivity index (χ0n) is 18.4. The minimum absolute atomic E-state index is 0.167. The Hall–Kier alpha value is -2.28. The summed E-state index contributed by atoms with van der Waals surface area (Å²) in [4.78, 5) is 49.4. The van der Waals surface area contributed by atoms with Crippen LogP contribution in [0.15, 0.2) is 17.0 Å². The second kappa shape index (κ2) is 11.0. The van der Waals surface area contributed by atoms with Crippen LogP contribution in [0.4, 0.5) is 4.79 Å². The number of ether oxygens (including phenoxy) is 4. The number of imide groups is 1. The Balaban J connectivity index is 2.25. The highest BCUT2D eigenvalue weighted by Gasteiger charge is 2.37. The summed E-state index contributed by atoms with van der Waals surface area (Å²) in [5.41, 5.74) is -0.135. The predicted molar refractivity (Wildman–Crippen MR) is 126 cm³/mol. The Morgan fingerprint density at radius 3 is 2.44 bits per heavy atom. The predicted octanol–water partition coefficient (Wildman–Crippen LogP) is 3.62. The van der Waals surface area contributed by atoms with Crippen LogP contribution in [-0.2, 0) is 23.9 Å². The fraction of sp³-hybridized carbons (Fsp3) is 0.429. The maximum absolute atomic E-state index is 12.7. The lowest BCUT2D eigenvalue weighted by atomic mass is 10.2. The molecule has 174 valence electrons. The molecular formula is C21H24INO8S. The lowest BCUT2D eigenvalue weighted by Gasteiger charge is -2.21. The number of methoxy groups -OCH3 is 1. The van der Waals surface area contributed by atoms with Gasteiger partial charge in [0.2, 0.25) is 0 Å². The van der Waals surface area contributed by atoms with E-state index in [4.69, 9.17) is 14.2 Å². The molecule has 1 aromatic carbocycles. The van der Waals surface area contributed by atoms with Crippen LogP contribution in [0.3, 0.4) is 0 Å². The summed E-state index contributed by atoms with van der Waals surface area (Å²) in [6.45, 7) is 6.52. The van der Waals surface area contributed by atoms with Crippen molar-refractivity contribution >= 4 is 63.5 Å². The van der Waals surface area contributed by atoms with E-state index in [0.29, 0.717) is 27.2 Å². The number of amides is 2. The lowest BCUT2D eigenvalue weighted by Crippen LogP contribution is -2.37. The van der Waals surface area contributed by atoms with Gasteiger partial charge in [0.05, 0.1) is 22.2 Å². The van der Waals surface area contributed by atoms with Gasteiger partial charge >= 0.3 is 11.9 Å². The van der Waals surface area contributed by atoms with Crippen molar-refractivity contribution in [2.45, 2.75) is 33.3 Å². The van der Waals surface area contributed by atoms with Gasteiger partial charge in [-0.25, -0.2) is 4.79 Å². The largest absolute Gasteiger partial charge is 0.490 e. The Bertz CT molecular complexity index is 954. The van der Waals surface area contributed by atoms with Gasteiger partial charge in [-0.15, -0.1) is 0 Å². The van der Waals surface area contributed by atoms with Gasteiger partial charge in [0.15, 0.2) is 18.1 Å². The van der Waals surface area contributed by atoms with E-state index in [9.17, 15) is 19.2 Å². The molecule has 0 bridgehead atoms. The molecule has 0 saturated carbocycles. The molecule has 0 atom stereocenters. The van der Waals surface area contributed by atoms with Crippen LogP contribution in [0.1, 0.15) is 33.3 Å². The molecule has 32 heavy (non-hydrogen) atoms. The van der Waals surface area contributed by atoms with Crippen LogP contribution in [0.25, 0.3) is 6.08 Å². The molecule has 0 spiro atoms. The first-order chi connectivity index (χ1) is 14.9. The zero-order chi connectivity index (χ0) is 24.1. The summed E-state index contributed by atoms with van der Waals surface area (Å²) < 4.78 is 21.5. The standard InChI is InChI=1S/C21H24INO8S/c1-6-29-14-8-12(7-13(22)18(14)30-11-17(25)28-5)9-15-19(26)23(20(27)32-15)10-16(24)31-21(2,3)4/h7-9H,6,10-11H2,1-5H3. The second-order valence-corrected chi connectivity index (χ2v) is 9.64. The quantitative estimate of drug-likeness (QED) is 0.260. The minimum Gasteiger partial charge on any atom is -0.490 e. The molecule has 1 aromatic rings. The summed E-state index contributed by atoms with van der Waals surface area (Å²) in [6.07, 6.45) is 1.54. The maximum Gasteiger partial charge on any atom is 0.343 e. The fourth-order valence-corrected chi connectivity index (χ4v) is 4.17. The maximum atomic E-state index is 12.7. The van der Waals surface area contributed by atoms with Gasteiger partial charge in [0, 0.05) is 0 Å². The van der Waals surface area contributed by atoms with Gasteiger partial charge in [-0.2, -0.15) is 0 Å². The zero-order valence-corrected chi connectivity index (χ0v) is 21.3. The van der Waals surface area contributed by atoms with E-state index >= 15 is 0 Å². The molecule has 1 heterocycles. The van der Waals surface area contributed by atoms with Gasteiger partial charge in [-0.1, -0.05) is 0 Å². The van der Waals surface area contributed by atoms with Crippen molar-refractivity contribution < 1.29 is 38.1 Å². The first-order valence-corrected chi connectivity index (χ1v) is 11.5. The first kappa shape index (κ1) is 26.0. The molecule has 1 saturated heterocycles. The third-order valence-electron chi connectivity index (χ3n) is 3.77. The average Bonchev–Trinajstić information content (AvgIpc) is 2.93. The smallest absolute Gasteiger partial charge is 0.343 e. The van der Waals surface area contributed by atoms with Crippen LogP contribution in [0.2, 0.25) is 0 Å². The molecule has 1 aliphatic heterocycles. The van der Waals surface area contributed by atoms with Gasteiger partial charge in [-0.05, 0) is 85.8 Å². The summed E-state index contributed by atoms with van der Waals surface area (Å²) in [5, 5.41) is -0.551. The van der Waals surface area contributed by atoms with E-state index in [1.807, 2.05) is 22.6 Å². The Morgan fingerprint density at radius 1 is 1.16 bits per heavy atom. The van der Waals surface area contributed by atoms with E-state index in [1.54, 1.807) is 39.8 Å². The van der Waals surface area contributed by atoms with Crippen molar-refractivity contribution in [3.63, 3.8) is 0 Å². The van der Waals surface area contributed by atoms with Crippen molar-refractivity contribution in [2.24, 2.45) is 0 Å². The number of benzene rings is 1. The van der Waals surface area contributed by atoms with Crippen molar-refractivity contribution in [3.05, 3.63) is 26.2 Å². The highest BCUT2D eigenvalue weighted by molar-refractivity contribution is 14.1. The van der Waals surface area contributed by atoms with Gasteiger partial charge in [0.25, 0.3) is 11.1 Å². The van der Waals surface area contributed by atoms with Crippen molar-refractivity contribution in [2.75, 3.05) is 26.9 Å². The van der Waals surface area contributed by atoms with Gasteiger partial charge in [-0.3, -0.25) is 19.3 Å². The number of carbonyl (C=O) groups is 4. The molecule has 1 fully saturated rings. The average molecular weight is 577 g/mol. The summed E-state index contributed by atoms with van der Waals surface area (Å²) in [7, 11) is 1.26. The Kier molecular flexibility index (Phi) is 8.96. The third kappa shape index (κ3) is 7.12. The van der Waals surface area contributed by atoms with E-state index < -0.39 is 35.2 Å². The molecule has 2 rings (SSSR count). The number of rotatable bonds is 8. The van der Waals surface area contributed by atoms with Crippen LogP contribution < -0.4 is 9.47 Å². The first-order valence-electron chi connectivity index (χ1n) is 9.58. The number of halogens is 1. The molecule has 1 aliphatic rings. The summed E-state index contributed by atoms with van der Waals surface area (Å²) >= 11 is 2.76. The molecule has 2 amide bonds. The Labute approximate surface area is 203 Å². The number of hydrogen-bond donors (Lipinski definition) is 0. The molecule has 0 aliphatic carbocycles. The molecule has 0 radical (unpaired) electrons. The normalized spacial score (nSPS) is 15.2. The number of nitrogens with zero attached hydrogens (tertiary/aromatic N) is 1. The second-order valence-electron chi connectivity index (χ2n) is 7.48. The van der Waals surface area contributed by atoms with Crippen LogP contribution in [-0.4, -0.2) is 60.5 Å². The number of esters is 2. The third-order valence-corrected chi connectivity index (χ3v) is 5.48. The highest BCUT2D eigenvalue weighted by atomic mass is 127. The van der Waals surface area contributed by atoms with Crippen molar-refractivity contribution in [3.8, 4) is 11.5 Å². The van der Waals surface area contributed by atoms with Crippen molar-refractivity contribution in [1.82, 2.24) is 4.90 Å². The minimum atomic E-state index is -0.723. The van der Waals surface area contributed by atoms with E-state index in [0.717, 1.165) is 16.7 Å². The number of thioether (sulfide) groups is 1. The summed E-state index contributed by atoms with van der Waals surface area (Å²) in [5.74, 6) is -1.03. The summed E-state index contributed by atoms with van der Waals surface area (Å²) in [6, 6.07) is 3.36. The Morgan fingerprint density at radius 2 is 1.84 bits per heavy atom. The molecule has 11 heteroatoms. The van der Waals surface area contributed by atoms with Crippen LogP contribution in [0, 0.1) is 3.57 Å². The molecule has 0 aromatic heterocycles.